The van der Waals surface area contributed by atoms with E-state index in [0.29, 0.717) is 5.56 Å². The molecule has 0 aliphatic carbocycles. The van der Waals surface area contributed by atoms with Crippen LogP contribution in [0.2, 0.25) is 0 Å². The largest absolute Gasteiger partial charge is 0.480 e. The number of aliphatic hydroxyl groups is 1. The molecule has 0 saturated carbocycles. The molecule has 2 rings (SSSR count). The van der Waals surface area contributed by atoms with Crippen LogP contribution in [0.5, 0.6) is 5.75 Å². The normalized spacial score (nSPS) is 18.2. The third-order valence-corrected chi connectivity index (χ3v) is 6.96. The van der Waals surface area contributed by atoms with Crippen LogP contribution >= 0.6 is 0 Å². The Hall–Kier alpha value is -4.28. The zero-order valence-corrected chi connectivity index (χ0v) is 28.3. The fourth-order valence-corrected chi connectivity index (χ4v) is 4.50. The van der Waals surface area contributed by atoms with Crippen molar-refractivity contribution >= 4 is 41.3 Å². The van der Waals surface area contributed by atoms with Gasteiger partial charge in [-0.15, -0.1) is 0 Å². The lowest BCUT2D eigenvalue weighted by Gasteiger charge is -2.33. The molecule has 1 aliphatic rings. The molecular weight excluding hydrogens is 630 g/mol. The van der Waals surface area contributed by atoms with Crippen LogP contribution in [0.4, 0.5) is 5.69 Å². The van der Waals surface area contributed by atoms with E-state index in [1.165, 1.54) is 12.1 Å². The van der Waals surface area contributed by atoms with Gasteiger partial charge in [-0.25, -0.2) is 0 Å². The van der Waals surface area contributed by atoms with Crippen molar-refractivity contribution in [1.82, 2.24) is 21.3 Å². The summed E-state index contributed by atoms with van der Waals surface area (Å²) >= 11 is 0. The first-order valence-electron chi connectivity index (χ1n) is 15.9. The number of aliphatic hydroxyl groups excluding tert-OH is 1. The minimum absolute atomic E-state index is 0.0170. The molecule has 4 unspecified atom stereocenters. The number of hydrogen-bond acceptors (Lipinski definition) is 11. The Balaban J connectivity index is 2.14. The average Bonchev–Trinajstić information content (AvgIpc) is 3.00. The van der Waals surface area contributed by atoms with Gasteiger partial charge >= 0.3 is 11.9 Å². The van der Waals surface area contributed by atoms with Gasteiger partial charge in [0.05, 0.1) is 30.3 Å². The molecule has 1 fully saturated rings. The first-order chi connectivity index (χ1) is 22.5. The average molecular weight is 680 g/mol. The predicted octanol–water partition coefficient (Wildman–Crippen LogP) is 0.415. The van der Waals surface area contributed by atoms with Crippen molar-refractivity contribution in [3.8, 4) is 5.75 Å². The summed E-state index contributed by atoms with van der Waals surface area (Å²) in [4.78, 5) is 72.8. The maximum absolute atomic E-state index is 12.9. The number of ether oxygens (including phenoxy) is 3. The number of anilines is 1. The fourth-order valence-electron chi connectivity index (χ4n) is 4.50. The van der Waals surface area contributed by atoms with E-state index in [0.717, 1.165) is 0 Å². The smallest absolute Gasteiger partial charge is 0.322 e. The van der Waals surface area contributed by atoms with E-state index in [1.54, 1.807) is 19.9 Å². The van der Waals surface area contributed by atoms with Crippen LogP contribution in [0.3, 0.4) is 0 Å². The molecule has 1 aromatic carbocycles. The number of hydrogen-bond donors (Lipinski definition) is 7. The second-order valence-corrected chi connectivity index (χ2v) is 12.4. The van der Waals surface area contributed by atoms with Gasteiger partial charge in [0.2, 0.25) is 29.9 Å². The van der Waals surface area contributed by atoms with E-state index < -0.39 is 60.7 Å². The van der Waals surface area contributed by atoms with Gasteiger partial charge in [-0.3, -0.25) is 28.8 Å². The summed E-state index contributed by atoms with van der Waals surface area (Å²) in [7, 11) is 0. The first kappa shape index (κ1) is 39.9. The van der Waals surface area contributed by atoms with Crippen molar-refractivity contribution in [3.63, 3.8) is 0 Å². The lowest BCUT2D eigenvalue weighted by atomic mass is 10.0. The maximum atomic E-state index is 12.9. The van der Waals surface area contributed by atoms with Gasteiger partial charge in [0.15, 0.2) is 0 Å². The third-order valence-electron chi connectivity index (χ3n) is 6.96. The number of benzene rings is 1. The number of amides is 4. The molecule has 1 aromatic rings. The SMILES string of the molecule is CC(C)NC(C(=O)NCC(=O)Nc1ccc(COC(=O)C(C)C)cc1OC1CC(O)CC(C(=O)NCCC(=O)NCC(=O)O)O1)C(C)C. The van der Waals surface area contributed by atoms with Gasteiger partial charge in [0.25, 0.3) is 0 Å². The van der Waals surface area contributed by atoms with Crippen molar-refractivity contribution in [3.05, 3.63) is 23.8 Å². The molecule has 1 aliphatic heterocycles. The van der Waals surface area contributed by atoms with Crippen LogP contribution in [0.25, 0.3) is 0 Å². The van der Waals surface area contributed by atoms with E-state index in [1.807, 2.05) is 27.7 Å². The van der Waals surface area contributed by atoms with E-state index in [2.05, 4.69) is 26.6 Å². The van der Waals surface area contributed by atoms with Crippen LogP contribution in [0, 0.1) is 11.8 Å². The molecule has 16 heteroatoms. The van der Waals surface area contributed by atoms with E-state index in [-0.39, 0.29) is 74.2 Å². The Kier molecular flexibility index (Phi) is 16.2. The predicted molar refractivity (Wildman–Crippen MR) is 172 cm³/mol. The number of carbonyl (C=O) groups is 6. The molecule has 268 valence electrons. The number of rotatable bonds is 18. The third kappa shape index (κ3) is 14.2. The van der Waals surface area contributed by atoms with Crippen LogP contribution in [-0.4, -0.2) is 96.0 Å². The topological polar surface area (TPSA) is 231 Å². The number of carbonyl (C=O) groups excluding carboxylic acids is 5. The number of esters is 1. The van der Waals surface area contributed by atoms with E-state index in [4.69, 9.17) is 19.3 Å². The highest BCUT2D eigenvalue weighted by molar-refractivity contribution is 5.96. The highest BCUT2D eigenvalue weighted by Crippen LogP contribution is 2.31. The van der Waals surface area contributed by atoms with Gasteiger partial charge in [-0.1, -0.05) is 47.6 Å². The lowest BCUT2D eigenvalue weighted by molar-refractivity contribution is -0.184. The number of nitrogens with one attached hydrogen (secondary N) is 5. The zero-order chi connectivity index (χ0) is 36.0. The number of aliphatic carboxylic acids is 1. The van der Waals surface area contributed by atoms with Crippen molar-refractivity contribution in [2.24, 2.45) is 11.8 Å². The Morgan fingerprint density at radius 2 is 1.65 bits per heavy atom. The second kappa shape index (κ2) is 19.5. The van der Waals surface area contributed by atoms with Crippen molar-refractivity contribution in [1.29, 1.82) is 0 Å². The van der Waals surface area contributed by atoms with Gasteiger partial charge in [0.1, 0.15) is 25.0 Å². The zero-order valence-electron chi connectivity index (χ0n) is 28.3. The molecule has 16 nitrogen and oxygen atoms in total. The second-order valence-electron chi connectivity index (χ2n) is 12.4. The number of carboxylic acid groups (broad SMARTS) is 1. The Labute approximate surface area is 280 Å². The summed E-state index contributed by atoms with van der Waals surface area (Å²) < 4.78 is 17.2. The van der Waals surface area contributed by atoms with Gasteiger partial charge in [0, 0.05) is 31.8 Å². The summed E-state index contributed by atoms with van der Waals surface area (Å²) in [6, 6.07) is 4.23. The van der Waals surface area contributed by atoms with Crippen LogP contribution in [0.15, 0.2) is 18.2 Å². The van der Waals surface area contributed by atoms with Crippen molar-refractivity contribution in [2.75, 3.05) is 25.0 Å². The Morgan fingerprint density at radius 3 is 2.27 bits per heavy atom. The van der Waals surface area contributed by atoms with Crippen LogP contribution in [-0.2, 0) is 44.8 Å². The molecule has 0 spiro atoms. The molecule has 4 amide bonds. The lowest BCUT2D eigenvalue weighted by Crippen LogP contribution is -2.51. The standard InChI is InChI=1S/C32H49N5O11/c1-17(2)29(36-19(5)6)31(44)35-14-26(40)37-22-8-7-20(16-46-32(45)18(3)4)11-23(22)47-28-13-21(38)12-24(48-28)30(43)33-10-9-25(39)34-15-27(41)42/h7-8,11,17-19,21,24,28-29,36,38H,9-10,12-16H2,1-6H3,(H,33,43)(H,34,39)(H,35,44)(H,37,40)(H,41,42). The maximum Gasteiger partial charge on any atom is 0.322 e. The summed E-state index contributed by atoms with van der Waals surface area (Å²) in [5, 5.41) is 32.4. The van der Waals surface area contributed by atoms with Crippen LogP contribution in [0.1, 0.15) is 66.4 Å². The Bertz CT molecular complexity index is 1290. The van der Waals surface area contributed by atoms with E-state index >= 15 is 0 Å². The molecular formula is C32H49N5O11. The summed E-state index contributed by atoms with van der Waals surface area (Å²) in [5.74, 6) is -3.94. The molecule has 1 saturated heterocycles. The molecule has 1 heterocycles. The molecule has 0 aromatic heterocycles. The molecule has 7 N–H and O–H groups in total. The molecule has 48 heavy (non-hydrogen) atoms. The summed E-state index contributed by atoms with van der Waals surface area (Å²) in [6.45, 7) is 9.96. The van der Waals surface area contributed by atoms with Crippen molar-refractivity contribution in [2.45, 2.75) is 98.0 Å². The van der Waals surface area contributed by atoms with Gasteiger partial charge in [-0.2, -0.15) is 0 Å². The highest BCUT2D eigenvalue weighted by Gasteiger charge is 2.34. The summed E-state index contributed by atoms with van der Waals surface area (Å²) in [6.07, 6.45) is -3.50. The van der Waals surface area contributed by atoms with Crippen molar-refractivity contribution < 1.29 is 53.2 Å². The molecule has 0 radical (unpaired) electrons. The highest BCUT2D eigenvalue weighted by atomic mass is 16.7. The van der Waals surface area contributed by atoms with Gasteiger partial charge in [-0.05, 0) is 23.6 Å². The minimum Gasteiger partial charge on any atom is -0.480 e. The summed E-state index contributed by atoms with van der Waals surface area (Å²) in [5.41, 5.74) is 0.725. The fraction of sp³-hybridized carbons (Fsp3) is 0.625. The molecule has 4 atom stereocenters. The number of carboxylic acids is 1. The Morgan fingerprint density at radius 1 is 0.938 bits per heavy atom. The first-order valence-corrected chi connectivity index (χ1v) is 15.9. The monoisotopic (exact) mass is 679 g/mol. The van der Waals surface area contributed by atoms with Gasteiger partial charge < -0.3 is 51.0 Å². The minimum atomic E-state index is -1.20. The van der Waals surface area contributed by atoms with E-state index in [9.17, 15) is 33.9 Å². The quantitative estimate of drug-likeness (QED) is 0.105. The molecule has 0 bridgehead atoms. The van der Waals surface area contributed by atoms with Crippen LogP contribution < -0.4 is 31.3 Å².